The Hall–Kier alpha value is -1.06. The van der Waals surface area contributed by atoms with Crippen molar-refractivity contribution in [3.05, 3.63) is 34.9 Å². The Balaban J connectivity index is 1.69. The minimum atomic E-state index is 0.115. The first-order valence-corrected chi connectivity index (χ1v) is 7.29. The number of hydrogen-bond acceptors (Lipinski definition) is 2. The van der Waals surface area contributed by atoms with Crippen molar-refractivity contribution < 1.29 is 4.79 Å². The third kappa shape index (κ3) is 4.51. The molecule has 1 aromatic rings. The van der Waals surface area contributed by atoms with E-state index in [2.05, 4.69) is 5.32 Å². The number of carbonyl (C=O) groups excluding carboxylic acids is 1. The highest BCUT2D eigenvalue weighted by Gasteiger charge is 2.25. The molecule has 19 heavy (non-hydrogen) atoms. The summed E-state index contributed by atoms with van der Waals surface area (Å²) in [4.78, 5) is 11.8. The molecule has 0 saturated heterocycles. The van der Waals surface area contributed by atoms with E-state index < -0.39 is 0 Å². The molecule has 3 nitrogen and oxygen atoms in total. The fourth-order valence-corrected chi connectivity index (χ4v) is 2.88. The number of hydrogen-bond donors (Lipinski definition) is 2. The molecule has 0 bridgehead atoms. The molecule has 1 amide bonds. The Morgan fingerprint density at radius 2 is 2.26 bits per heavy atom. The number of nitrogens with one attached hydrogen (secondary N) is 1. The van der Waals surface area contributed by atoms with Gasteiger partial charge in [-0.3, -0.25) is 4.79 Å². The molecule has 0 aromatic heterocycles. The van der Waals surface area contributed by atoms with Crippen molar-refractivity contribution in [3.63, 3.8) is 0 Å². The van der Waals surface area contributed by atoms with E-state index in [4.69, 9.17) is 17.3 Å². The normalized spacial score (nSPS) is 22.4. The second kappa shape index (κ2) is 6.92. The van der Waals surface area contributed by atoms with Crippen LogP contribution in [0.15, 0.2) is 24.3 Å². The predicted molar refractivity (Wildman–Crippen MR) is 78.1 cm³/mol. The Morgan fingerprint density at radius 3 is 2.95 bits per heavy atom. The molecule has 0 heterocycles. The molecule has 0 aliphatic heterocycles. The lowest BCUT2D eigenvalue weighted by molar-refractivity contribution is -0.122. The number of nitrogens with two attached hydrogens (primary N) is 1. The molecular weight excluding hydrogens is 260 g/mol. The first kappa shape index (κ1) is 14.4. The number of carbonyl (C=O) groups is 1. The van der Waals surface area contributed by atoms with Crippen LogP contribution in [0.5, 0.6) is 0 Å². The molecule has 2 rings (SSSR count). The van der Waals surface area contributed by atoms with Gasteiger partial charge < -0.3 is 11.1 Å². The van der Waals surface area contributed by atoms with Crippen LogP contribution < -0.4 is 11.1 Å². The highest BCUT2D eigenvalue weighted by Crippen LogP contribution is 2.26. The van der Waals surface area contributed by atoms with Crippen molar-refractivity contribution in [2.45, 2.75) is 38.1 Å². The lowest BCUT2D eigenvalue weighted by Gasteiger charge is -2.14. The average molecular weight is 281 g/mol. The SMILES string of the molecule is N[C@@H]1CCC[C@H]1CC(=O)NCCc1cccc(Cl)c1. The summed E-state index contributed by atoms with van der Waals surface area (Å²) in [6, 6.07) is 7.94. The highest BCUT2D eigenvalue weighted by molar-refractivity contribution is 6.30. The van der Waals surface area contributed by atoms with Gasteiger partial charge in [-0.2, -0.15) is 0 Å². The molecule has 3 N–H and O–H groups in total. The standard InChI is InChI=1S/C15H21ClN2O/c16-13-5-1-3-11(9-13)7-8-18-15(19)10-12-4-2-6-14(12)17/h1,3,5,9,12,14H,2,4,6-8,10,17H2,(H,18,19)/t12-,14+/m0/s1. The predicted octanol–water partition coefficient (Wildman–Crippen LogP) is 2.52. The van der Waals surface area contributed by atoms with Crippen LogP contribution in [0.4, 0.5) is 0 Å². The molecule has 0 radical (unpaired) electrons. The maximum absolute atomic E-state index is 11.8. The van der Waals surface area contributed by atoms with Crippen molar-refractivity contribution in [1.29, 1.82) is 0 Å². The van der Waals surface area contributed by atoms with Crippen LogP contribution >= 0.6 is 11.6 Å². The van der Waals surface area contributed by atoms with Crippen molar-refractivity contribution in [2.24, 2.45) is 11.7 Å². The third-order valence-corrected chi connectivity index (χ3v) is 4.03. The molecule has 0 unspecified atom stereocenters. The van der Waals surface area contributed by atoms with Gasteiger partial charge in [-0.05, 0) is 42.9 Å². The number of amides is 1. The molecule has 1 fully saturated rings. The summed E-state index contributed by atoms with van der Waals surface area (Å²) in [5.41, 5.74) is 7.11. The Labute approximate surface area is 119 Å². The van der Waals surface area contributed by atoms with E-state index in [1.54, 1.807) is 0 Å². The summed E-state index contributed by atoms with van der Waals surface area (Å²) >= 11 is 5.91. The Kier molecular flexibility index (Phi) is 5.23. The molecule has 1 aromatic carbocycles. The van der Waals surface area contributed by atoms with E-state index >= 15 is 0 Å². The lowest BCUT2D eigenvalue weighted by atomic mass is 10.00. The molecule has 1 aliphatic carbocycles. The third-order valence-electron chi connectivity index (χ3n) is 3.79. The second-order valence-electron chi connectivity index (χ2n) is 5.29. The summed E-state index contributed by atoms with van der Waals surface area (Å²) < 4.78 is 0. The first-order chi connectivity index (χ1) is 9.15. The number of halogens is 1. The van der Waals surface area contributed by atoms with Crippen LogP contribution in [0.3, 0.4) is 0 Å². The van der Waals surface area contributed by atoms with Crippen LogP contribution in [0.1, 0.15) is 31.2 Å². The summed E-state index contributed by atoms with van der Waals surface area (Å²) in [6.07, 6.45) is 4.67. The van der Waals surface area contributed by atoms with Gasteiger partial charge in [-0.1, -0.05) is 30.2 Å². The quantitative estimate of drug-likeness (QED) is 0.871. The van der Waals surface area contributed by atoms with Crippen LogP contribution in [-0.2, 0) is 11.2 Å². The van der Waals surface area contributed by atoms with Gasteiger partial charge >= 0.3 is 0 Å². The van der Waals surface area contributed by atoms with Crippen LogP contribution in [-0.4, -0.2) is 18.5 Å². The fourth-order valence-electron chi connectivity index (χ4n) is 2.67. The van der Waals surface area contributed by atoms with Crippen LogP contribution in [0.25, 0.3) is 0 Å². The topological polar surface area (TPSA) is 55.1 Å². The van der Waals surface area contributed by atoms with Crippen LogP contribution in [0.2, 0.25) is 5.02 Å². The van der Waals surface area contributed by atoms with Crippen molar-refractivity contribution >= 4 is 17.5 Å². The molecule has 1 saturated carbocycles. The monoisotopic (exact) mass is 280 g/mol. The summed E-state index contributed by atoms with van der Waals surface area (Å²) in [5.74, 6) is 0.482. The maximum Gasteiger partial charge on any atom is 0.220 e. The van der Waals surface area contributed by atoms with Gasteiger partial charge in [-0.15, -0.1) is 0 Å². The molecule has 0 spiro atoms. The van der Waals surface area contributed by atoms with Crippen molar-refractivity contribution in [1.82, 2.24) is 5.32 Å². The maximum atomic E-state index is 11.8. The van der Waals surface area contributed by atoms with Crippen molar-refractivity contribution in [2.75, 3.05) is 6.54 Å². The molecule has 1 aliphatic rings. The highest BCUT2D eigenvalue weighted by atomic mass is 35.5. The van der Waals surface area contributed by atoms with Gasteiger partial charge in [0, 0.05) is 24.0 Å². The Morgan fingerprint density at radius 1 is 1.42 bits per heavy atom. The minimum absolute atomic E-state index is 0.115. The molecule has 104 valence electrons. The summed E-state index contributed by atoms with van der Waals surface area (Å²) in [6.45, 7) is 0.654. The van der Waals surface area contributed by atoms with E-state index in [-0.39, 0.29) is 11.9 Å². The van der Waals surface area contributed by atoms with Gasteiger partial charge in [-0.25, -0.2) is 0 Å². The van der Waals surface area contributed by atoms with E-state index in [0.717, 1.165) is 36.3 Å². The van der Waals surface area contributed by atoms with E-state index in [1.165, 1.54) is 0 Å². The largest absolute Gasteiger partial charge is 0.356 e. The van der Waals surface area contributed by atoms with Gasteiger partial charge in [0.1, 0.15) is 0 Å². The zero-order valence-electron chi connectivity index (χ0n) is 11.1. The van der Waals surface area contributed by atoms with Gasteiger partial charge in [0.05, 0.1) is 0 Å². The Bertz CT molecular complexity index is 436. The van der Waals surface area contributed by atoms with Gasteiger partial charge in [0.2, 0.25) is 5.91 Å². The summed E-state index contributed by atoms with van der Waals surface area (Å²) in [7, 11) is 0. The van der Waals surface area contributed by atoms with E-state index in [0.29, 0.717) is 18.9 Å². The molecule has 2 atom stereocenters. The molecular formula is C15H21ClN2O. The lowest BCUT2D eigenvalue weighted by Crippen LogP contribution is -2.32. The summed E-state index contributed by atoms with van der Waals surface area (Å²) in [5, 5.41) is 3.70. The van der Waals surface area contributed by atoms with Crippen molar-refractivity contribution in [3.8, 4) is 0 Å². The molecule has 4 heteroatoms. The first-order valence-electron chi connectivity index (χ1n) is 6.92. The smallest absolute Gasteiger partial charge is 0.220 e. The van der Waals surface area contributed by atoms with Gasteiger partial charge in [0.25, 0.3) is 0 Å². The van der Waals surface area contributed by atoms with E-state index in [9.17, 15) is 4.79 Å². The minimum Gasteiger partial charge on any atom is -0.356 e. The second-order valence-corrected chi connectivity index (χ2v) is 5.73. The fraction of sp³-hybridized carbons (Fsp3) is 0.533. The number of benzene rings is 1. The van der Waals surface area contributed by atoms with Crippen LogP contribution in [0, 0.1) is 5.92 Å². The zero-order valence-corrected chi connectivity index (χ0v) is 11.8. The van der Waals surface area contributed by atoms with Gasteiger partial charge in [0.15, 0.2) is 0 Å². The number of rotatable bonds is 5. The zero-order chi connectivity index (χ0) is 13.7. The average Bonchev–Trinajstić information content (AvgIpc) is 2.75. The van der Waals surface area contributed by atoms with E-state index in [1.807, 2.05) is 24.3 Å².